The molecular weight excluding hydrogens is 252 g/mol. The maximum absolute atomic E-state index is 12.3. The number of rotatable bonds is 5. The van der Waals surface area contributed by atoms with E-state index in [4.69, 9.17) is 0 Å². The van der Waals surface area contributed by atoms with Gasteiger partial charge in [0.2, 0.25) is 0 Å². The highest BCUT2D eigenvalue weighted by Crippen LogP contribution is 2.14. The average molecular weight is 274 g/mol. The van der Waals surface area contributed by atoms with Crippen molar-refractivity contribution in [3.63, 3.8) is 0 Å². The molecule has 0 aliphatic heterocycles. The largest absolute Gasteiger partial charge is 0.350 e. The molecule has 0 bridgehead atoms. The van der Waals surface area contributed by atoms with Crippen molar-refractivity contribution in [2.45, 2.75) is 20.4 Å². The summed E-state index contributed by atoms with van der Waals surface area (Å²) < 4.78 is 1.98. The molecule has 0 atom stereocenters. The zero-order chi connectivity index (χ0) is 14.7. The summed E-state index contributed by atoms with van der Waals surface area (Å²) >= 11 is 0. The van der Waals surface area contributed by atoms with Crippen LogP contribution in [0.5, 0.6) is 0 Å². The topological polar surface area (TPSA) is 49.6 Å². The molecule has 0 spiro atoms. The molecule has 0 aliphatic rings. The molecule has 2 heterocycles. The molecule has 1 N–H and O–H groups in total. The van der Waals surface area contributed by atoms with Crippen molar-refractivity contribution < 1.29 is 4.79 Å². The molecule has 0 saturated heterocycles. The fraction of sp³-hybridized carbons (Fsp3) is 0.467. The number of nitrogens with one attached hydrogen (secondary N) is 1. The third kappa shape index (κ3) is 3.17. The van der Waals surface area contributed by atoms with E-state index in [0.717, 1.165) is 11.3 Å². The minimum absolute atomic E-state index is 0.0979. The second-order valence-electron chi connectivity index (χ2n) is 5.68. The van der Waals surface area contributed by atoms with Crippen LogP contribution < -0.4 is 5.32 Å². The fourth-order valence-electron chi connectivity index (χ4n) is 2.06. The van der Waals surface area contributed by atoms with E-state index in [-0.39, 0.29) is 5.91 Å². The zero-order valence-electron chi connectivity index (χ0n) is 12.6. The lowest BCUT2D eigenvalue weighted by Gasteiger charge is -2.12. The molecule has 0 radical (unpaired) electrons. The van der Waals surface area contributed by atoms with Crippen LogP contribution >= 0.6 is 0 Å². The number of pyridine rings is 1. The highest BCUT2D eigenvalue weighted by molar-refractivity contribution is 5.94. The molecule has 20 heavy (non-hydrogen) atoms. The minimum Gasteiger partial charge on any atom is -0.350 e. The van der Waals surface area contributed by atoms with Crippen molar-refractivity contribution in [1.82, 2.24) is 19.6 Å². The van der Waals surface area contributed by atoms with E-state index in [0.29, 0.717) is 24.7 Å². The van der Waals surface area contributed by atoms with Gasteiger partial charge in [-0.25, -0.2) is 4.98 Å². The van der Waals surface area contributed by atoms with Crippen LogP contribution in [-0.2, 0) is 6.54 Å². The number of amides is 1. The van der Waals surface area contributed by atoms with E-state index < -0.39 is 0 Å². The number of carbonyl (C=O) groups is 1. The second kappa shape index (κ2) is 6.05. The van der Waals surface area contributed by atoms with Crippen LogP contribution in [0.15, 0.2) is 24.4 Å². The lowest BCUT2D eigenvalue weighted by molar-refractivity contribution is 0.0943. The monoisotopic (exact) mass is 274 g/mol. The summed E-state index contributed by atoms with van der Waals surface area (Å²) in [5.41, 5.74) is 2.25. The van der Waals surface area contributed by atoms with Crippen LogP contribution in [0.1, 0.15) is 30.0 Å². The number of imidazole rings is 1. The highest BCUT2D eigenvalue weighted by Gasteiger charge is 2.19. The number of aromatic nitrogens is 2. The summed E-state index contributed by atoms with van der Waals surface area (Å²) in [6, 6.07) is 5.79. The molecule has 0 saturated carbocycles. The molecule has 0 aromatic carbocycles. The Kier molecular flexibility index (Phi) is 4.39. The maximum Gasteiger partial charge on any atom is 0.271 e. The van der Waals surface area contributed by atoms with E-state index >= 15 is 0 Å². The predicted molar refractivity (Wildman–Crippen MR) is 79.8 cm³/mol. The van der Waals surface area contributed by atoms with Crippen molar-refractivity contribution >= 4 is 11.6 Å². The van der Waals surface area contributed by atoms with Gasteiger partial charge in [0.25, 0.3) is 5.91 Å². The smallest absolute Gasteiger partial charge is 0.271 e. The first kappa shape index (κ1) is 14.5. The lowest BCUT2D eigenvalue weighted by atomic mass is 10.2. The fourth-order valence-corrected chi connectivity index (χ4v) is 2.06. The number of nitrogens with zero attached hydrogens (tertiary/aromatic N) is 3. The molecule has 5 heteroatoms. The van der Waals surface area contributed by atoms with E-state index in [2.05, 4.69) is 24.1 Å². The van der Waals surface area contributed by atoms with Crippen LogP contribution in [0.4, 0.5) is 0 Å². The minimum atomic E-state index is -0.0979. The molecule has 5 nitrogen and oxygen atoms in total. The van der Waals surface area contributed by atoms with Gasteiger partial charge in [0.15, 0.2) is 5.69 Å². The molecule has 0 aliphatic carbocycles. The quantitative estimate of drug-likeness (QED) is 0.904. The van der Waals surface area contributed by atoms with Crippen LogP contribution in [-0.4, -0.2) is 40.8 Å². The zero-order valence-corrected chi connectivity index (χ0v) is 12.6. The van der Waals surface area contributed by atoms with Crippen molar-refractivity contribution in [2.24, 2.45) is 5.92 Å². The Bertz CT molecular complexity index is 601. The summed E-state index contributed by atoms with van der Waals surface area (Å²) in [6.45, 7) is 5.49. The van der Waals surface area contributed by atoms with Gasteiger partial charge >= 0.3 is 0 Å². The lowest BCUT2D eigenvalue weighted by Crippen LogP contribution is -2.29. The Labute approximate surface area is 119 Å². The molecule has 0 fully saturated rings. The molecule has 2 aromatic heterocycles. The Hall–Kier alpha value is -1.88. The number of fused-ring (bicyclic) bond motifs is 1. The predicted octanol–water partition coefficient (Wildman–Crippen LogP) is 1.78. The first-order valence-electron chi connectivity index (χ1n) is 6.88. The molecule has 0 unspecified atom stereocenters. The molecular formula is C15H22N4O. The van der Waals surface area contributed by atoms with Gasteiger partial charge in [0.05, 0.1) is 5.69 Å². The summed E-state index contributed by atoms with van der Waals surface area (Å²) in [5, 5.41) is 2.94. The average Bonchev–Trinajstić information content (AvgIpc) is 2.74. The molecule has 2 aromatic rings. The number of hydrogen-bond donors (Lipinski definition) is 1. The third-order valence-electron chi connectivity index (χ3n) is 2.98. The van der Waals surface area contributed by atoms with E-state index in [1.165, 1.54) is 0 Å². The van der Waals surface area contributed by atoms with Gasteiger partial charge < -0.3 is 14.6 Å². The van der Waals surface area contributed by atoms with E-state index in [1.54, 1.807) is 0 Å². The summed E-state index contributed by atoms with van der Waals surface area (Å²) in [4.78, 5) is 18.8. The molecule has 108 valence electrons. The Morgan fingerprint density at radius 3 is 2.80 bits per heavy atom. The van der Waals surface area contributed by atoms with Crippen LogP contribution in [0.25, 0.3) is 5.65 Å². The Morgan fingerprint density at radius 2 is 2.15 bits per heavy atom. The maximum atomic E-state index is 12.3. The highest BCUT2D eigenvalue weighted by atomic mass is 16.1. The third-order valence-corrected chi connectivity index (χ3v) is 2.98. The first-order valence-corrected chi connectivity index (χ1v) is 6.88. The summed E-state index contributed by atoms with van der Waals surface area (Å²) in [6.07, 6.45) is 1.94. The van der Waals surface area contributed by atoms with E-state index in [9.17, 15) is 4.79 Å². The van der Waals surface area contributed by atoms with Gasteiger partial charge in [-0.2, -0.15) is 0 Å². The second-order valence-corrected chi connectivity index (χ2v) is 5.68. The van der Waals surface area contributed by atoms with Crippen molar-refractivity contribution in [1.29, 1.82) is 0 Å². The van der Waals surface area contributed by atoms with Gasteiger partial charge in [-0.1, -0.05) is 19.9 Å². The van der Waals surface area contributed by atoms with E-state index in [1.807, 2.05) is 47.8 Å². The molecule has 2 rings (SSSR count). The summed E-state index contributed by atoms with van der Waals surface area (Å²) in [7, 11) is 3.97. The standard InChI is InChI=1S/C15H22N4O/c1-11(2)9-16-15(20)14-12(10-18(3)4)19-8-6-5-7-13(19)17-14/h5-8,11H,9-10H2,1-4H3,(H,16,20). The van der Waals surface area contributed by atoms with Crippen LogP contribution in [0.2, 0.25) is 0 Å². The van der Waals surface area contributed by atoms with Crippen LogP contribution in [0.3, 0.4) is 0 Å². The first-order chi connectivity index (χ1) is 9.49. The van der Waals surface area contributed by atoms with Crippen LogP contribution in [0, 0.1) is 5.92 Å². The Balaban J connectivity index is 2.38. The Morgan fingerprint density at radius 1 is 1.40 bits per heavy atom. The van der Waals surface area contributed by atoms with Crippen molar-refractivity contribution in [3.8, 4) is 0 Å². The van der Waals surface area contributed by atoms with Gasteiger partial charge in [-0.05, 0) is 32.1 Å². The van der Waals surface area contributed by atoms with Gasteiger partial charge in [-0.3, -0.25) is 4.79 Å². The molecule has 1 amide bonds. The van der Waals surface area contributed by atoms with Crippen molar-refractivity contribution in [3.05, 3.63) is 35.8 Å². The van der Waals surface area contributed by atoms with Crippen molar-refractivity contribution in [2.75, 3.05) is 20.6 Å². The number of hydrogen-bond acceptors (Lipinski definition) is 3. The number of carbonyl (C=O) groups excluding carboxylic acids is 1. The van der Waals surface area contributed by atoms with Gasteiger partial charge in [-0.15, -0.1) is 0 Å². The van der Waals surface area contributed by atoms with Gasteiger partial charge in [0, 0.05) is 19.3 Å². The summed E-state index contributed by atoms with van der Waals surface area (Å²) in [5.74, 6) is 0.326. The van der Waals surface area contributed by atoms with Gasteiger partial charge in [0.1, 0.15) is 5.65 Å². The normalized spacial score (nSPS) is 11.5. The SMILES string of the molecule is CC(C)CNC(=O)c1nc2ccccn2c1CN(C)C.